The molecule has 1 amide bonds. The van der Waals surface area contributed by atoms with Crippen molar-refractivity contribution in [2.24, 2.45) is 0 Å². The molecule has 3 aromatic rings. The Kier molecular flexibility index (Phi) is 5.50. The van der Waals surface area contributed by atoms with E-state index in [-0.39, 0.29) is 23.6 Å². The Bertz CT molecular complexity index is 1430. The lowest BCUT2D eigenvalue weighted by molar-refractivity contribution is -0.118. The van der Waals surface area contributed by atoms with Crippen LogP contribution in [0.1, 0.15) is 54.2 Å². The standard InChI is InChI=1S/C29H26N2O5/c1-5-8-23(31-28(2,3)4)26(33)30-17-11-13-20-19(15-17)27(34)36-29(20)21-9-6-7-10-24(21)35-25-16-18(32)12-14-22(25)29/h1,6-7,9-16,23,31-32H,8H2,2-4H3,(H,30,33). The number of ether oxygens (including phenoxy) is 2. The molecule has 2 heterocycles. The van der Waals surface area contributed by atoms with E-state index in [0.29, 0.717) is 39.4 Å². The highest BCUT2D eigenvalue weighted by Gasteiger charge is 2.53. The molecule has 0 saturated carbocycles. The van der Waals surface area contributed by atoms with Gasteiger partial charge in [-0.3, -0.25) is 4.79 Å². The summed E-state index contributed by atoms with van der Waals surface area (Å²) in [4.78, 5) is 26.2. The summed E-state index contributed by atoms with van der Waals surface area (Å²) in [5.74, 6) is 2.69. The van der Waals surface area contributed by atoms with Crippen molar-refractivity contribution < 1.29 is 24.2 Å². The van der Waals surface area contributed by atoms with Crippen LogP contribution in [0, 0.1) is 12.3 Å². The number of benzene rings is 3. The number of aromatic hydroxyl groups is 1. The molecule has 7 heteroatoms. The number of para-hydroxylation sites is 1. The van der Waals surface area contributed by atoms with Gasteiger partial charge in [0, 0.05) is 40.4 Å². The van der Waals surface area contributed by atoms with Crippen LogP contribution in [0.2, 0.25) is 0 Å². The van der Waals surface area contributed by atoms with Gasteiger partial charge in [0.25, 0.3) is 0 Å². The first kappa shape index (κ1) is 23.5. The molecule has 5 rings (SSSR count). The van der Waals surface area contributed by atoms with E-state index in [2.05, 4.69) is 16.6 Å². The van der Waals surface area contributed by atoms with Crippen molar-refractivity contribution >= 4 is 17.6 Å². The Morgan fingerprint density at radius 1 is 1.06 bits per heavy atom. The first-order valence-electron chi connectivity index (χ1n) is 11.6. The molecule has 1 spiro atoms. The number of carbonyl (C=O) groups excluding carboxylic acids is 2. The number of phenols is 1. The Morgan fingerprint density at radius 2 is 1.78 bits per heavy atom. The highest BCUT2D eigenvalue weighted by atomic mass is 16.6. The fourth-order valence-electron chi connectivity index (χ4n) is 4.82. The van der Waals surface area contributed by atoms with Gasteiger partial charge in [0.1, 0.15) is 17.2 Å². The zero-order valence-electron chi connectivity index (χ0n) is 20.2. The molecule has 3 N–H and O–H groups in total. The zero-order chi connectivity index (χ0) is 25.7. The molecular weight excluding hydrogens is 456 g/mol. The molecule has 0 aliphatic carbocycles. The molecule has 2 aliphatic heterocycles. The molecule has 36 heavy (non-hydrogen) atoms. The van der Waals surface area contributed by atoms with Crippen LogP contribution in [-0.4, -0.2) is 28.6 Å². The lowest BCUT2D eigenvalue weighted by Gasteiger charge is -2.36. The monoisotopic (exact) mass is 482 g/mol. The minimum Gasteiger partial charge on any atom is -0.508 e. The molecule has 0 saturated heterocycles. The van der Waals surface area contributed by atoms with E-state index in [1.165, 1.54) is 12.1 Å². The van der Waals surface area contributed by atoms with Crippen molar-refractivity contribution in [2.45, 2.75) is 44.4 Å². The molecule has 0 bridgehead atoms. The topological polar surface area (TPSA) is 96.9 Å². The number of fused-ring (bicyclic) bond motifs is 6. The van der Waals surface area contributed by atoms with E-state index >= 15 is 0 Å². The largest absolute Gasteiger partial charge is 0.508 e. The Labute approximate surface area is 209 Å². The molecule has 2 unspecified atom stereocenters. The quantitative estimate of drug-likeness (QED) is 0.369. The molecule has 3 aromatic carbocycles. The average molecular weight is 483 g/mol. The number of phenolic OH excluding ortho intramolecular Hbond substituents is 1. The van der Waals surface area contributed by atoms with Crippen LogP contribution >= 0.6 is 0 Å². The Balaban J connectivity index is 1.56. The normalized spacial score (nSPS) is 18.2. The highest BCUT2D eigenvalue weighted by molar-refractivity contribution is 6.00. The smallest absolute Gasteiger partial charge is 0.340 e. The fourth-order valence-corrected chi connectivity index (χ4v) is 4.82. The Hall–Kier alpha value is -4.28. The number of terminal acetylenes is 1. The first-order chi connectivity index (χ1) is 17.1. The average Bonchev–Trinajstić information content (AvgIpc) is 3.10. The van der Waals surface area contributed by atoms with Crippen LogP contribution in [0.3, 0.4) is 0 Å². The summed E-state index contributed by atoms with van der Waals surface area (Å²) in [7, 11) is 0. The van der Waals surface area contributed by atoms with Crippen molar-refractivity contribution in [1.29, 1.82) is 0 Å². The molecular formula is C29H26N2O5. The number of hydrogen-bond donors (Lipinski definition) is 3. The summed E-state index contributed by atoms with van der Waals surface area (Å²) in [5.41, 5.74) is 1.14. The van der Waals surface area contributed by atoms with Crippen LogP contribution in [0.4, 0.5) is 5.69 Å². The molecule has 182 valence electrons. The van der Waals surface area contributed by atoms with Gasteiger partial charge in [-0.1, -0.05) is 24.3 Å². The van der Waals surface area contributed by atoms with Crippen LogP contribution in [-0.2, 0) is 15.1 Å². The van der Waals surface area contributed by atoms with E-state index in [0.717, 1.165) is 0 Å². The van der Waals surface area contributed by atoms with Crippen LogP contribution in [0.25, 0.3) is 0 Å². The molecule has 0 aromatic heterocycles. The van der Waals surface area contributed by atoms with Gasteiger partial charge in [-0.05, 0) is 51.1 Å². The maximum atomic E-state index is 13.2. The molecule has 0 radical (unpaired) electrons. The summed E-state index contributed by atoms with van der Waals surface area (Å²) in [6, 6.07) is 16.6. The van der Waals surface area contributed by atoms with E-state index in [4.69, 9.17) is 15.9 Å². The lowest BCUT2D eigenvalue weighted by Crippen LogP contribution is -2.49. The van der Waals surface area contributed by atoms with Crippen LogP contribution < -0.4 is 15.4 Å². The number of esters is 1. The predicted octanol–water partition coefficient (Wildman–Crippen LogP) is 4.68. The molecule has 2 atom stereocenters. The molecule has 0 fully saturated rings. The maximum Gasteiger partial charge on any atom is 0.340 e. The zero-order valence-corrected chi connectivity index (χ0v) is 20.2. The number of nitrogens with one attached hydrogen (secondary N) is 2. The number of hydrogen-bond acceptors (Lipinski definition) is 6. The van der Waals surface area contributed by atoms with Gasteiger partial charge in [-0.15, -0.1) is 12.3 Å². The molecule has 7 nitrogen and oxygen atoms in total. The van der Waals surface area contributed by atoms with Crippen LogP contribution in [0.5, 0.6) is 17.2 Å². The number of carbonyl (C=O) groups is 2. The number of rotatable bonds is 4. The third kappa shape index (κ3) is 3.86. The van der Waals surface area contributed by atoms with Gasteiger partial charge in [-0.25, -0.2) is 4.79 Å². The third-order valence-corrected chi connectivity index (χ3v) is 6.21. The number of amides is 1. The van der Waals surface area contributed by atoms with E-state index in [1.54, 1.807) is 30.3 Å². The van der Waals surface area contributed by atoms with Gasteiger partial charge in [-0.2, -0.15) is 0 Å². The van der Waals surface area contributed by atoms with Crippen molar-refractivity contribution in [2.75, 3.05) is 5.32 Å². The second kappa shape index (κ2) is 8.43. The van der Waals surface area contributed by atoms with Crippen LogP contribution in [0.15, 0.2) is 60.7 Å². The Morgan fingerprint density at radius 3 is 2.53 bits per heavy atom. The van der Waals surface area contributed by atoms with Gasteiger partial charge in [0.2, 0.25) is 5.91 Å². The van der Waals surface area contributed by atoms with Crippen molar-refractivity contribution in [3.8, 4) is 29.6 Å². The summed E-state index contributed by atoms with van der Waals surface area (Å²) in [5, 5.41) is 16.1. The second-order valence-corrected chi connectivity index (χ2v) is 9.95. The van der Waals surface area contributed by atoms with E-state index < -0.39 is 17.6 Å². The fraction of sp³-hybridized carbons (Fsp3) is 0.241. The summed E-state index contributed by atoms with van der Waals surface area (Å²) in [6.45, 7) is 5.87. The summed E-state index contributed by atoms with van der Waals surface area (Å²) in [6.07, 6.45) is 5.70. The van der Waals surface area contributed by atoms with Gasteiger partial charge < -0.3 is 25.2 Å². The maximum absolute atomic E-state index is 13.2. The van der Waals surface area contributed by atoms with Crippen molar-refractivity contribution in [3.63, 3.8) is 0 Å². The summed E-state index contributed by atoms with van der Waals surface area (Å²) < 4.78 is 12.1. The molecule has 2 aliphatic rings. The van der Waals surface area contributed by atoms with Crippen molar-refractivity contribution in [1.82, 2.24) is 5.32 Å². The minimum absolute atomic E-state index is 0.0382. The van der Waals surface area contributed by atoms with Gasteiger partial charge >= 0.3 is 5.97 Å². The van der Waals surface area contributed by atoms with Crippen molar-refractivity contribution in [3.05, 3.63) is 82.9 Å². The predicted molar refractivity (Wildman–Crippen MR) is 135 cm³/mol. The summed E-state index contributed by atoms with van der Waals surface area (Å²) >= 11 is 0. The first-order valence-corrected chi connectivity index (χ1v) is 11.6. The van der Waals surface area contributed by atoms with E-state index in [1.807, 2.05) is 39.0 Å². The third-order valence-electron chi connectivity index (χ3n) is 6.21. The second-order valence-electron chi connectivity index (χ2n) is 9.95. The minimum atomic E-state index is -1.24. The number of anilines is 1. The van der Waals surface area contributed by atoms with E-state index in [9.17, 15) is 14.7 Å². The van der Waals surface area contributed by atoms with Gasteiger partial charge in [0.15, 0.2) is 5.60 Å². The SMILES string of the molecule is C#CCC(NC(C)(C)C)C(=O)Nc1ccc2c(c1)C(=O)OC21c2ccccc2Oc2cc(O)ccc21. The highest BCUT2D eigenvalue weighted by Crippen LogP contribution is 2.56. The van der Waals surface area contributed by atoms with Gasteiger partial charge in [0.05, 0.1) is 11.6 Å². The lowest BCUT2D eigenvalue weighted by atomic mass is 9.77.